The Bertz CT molecular complexity index is 1450. The molecule has 1 amide bonds. The van der Waals surface area contributed by atoms with Crippen molar-refractivity contribution in [2.24, 2.45) is 13.0 Å². The largest absolute Gasteiger partial charge is 0.383 e. The lowest BCUT2D eigenvalue weighted by Gasteiger charge is -2.28. The summed E-state index contributed by atoms with van der Waals surface area (Å²) in [7, 11) is 1.97. The number of carbonyl (C=O) groups excluding carboxylic acids is 1. The molecule has 0 radical (unpaired) electrons. The molecule has 2 aliphatic rings. The number of hydrogen-bond donors (Lipinski definition) is 1. The third kappa shape index (κ3) is 3.72. The number of nitrogens with two attached hydrogens (primary N) is 1. The number of likely N-dealkylation sites (tertiary alicyclic amines) is 1. The molecule has 4 heterocycles. The minimum atomic E-state index is -0.295. The van der Waals surface area contributed by atoms with Crippen LogP contribution in [0.2, 0.25) is 0 Å². The lowest BCUT2D eigenvalue weighted by Crippen LogP contribution is -2.39. The zero-order valence-corrected chi connectivity index (χ0v) is 20.0. The first kappa shape index (κ1) is 22.6. The van der Waals surface area contributed by atoms with Gasteiger partial charge in [-0.25, -0.2) is 15.0 Å². The number of amides is 1. The molecule has 1 aliphatic carbocycles. The standard InChI is InChI=1S/C27H27N7O/c1-4-19-12-16(2)21(14-30-19)24-22(23-25(29)31-15-32-26(23)33(24)3)17-7-9-18(10-8-17)27(35)34-11-5-6-20(34)13-28/h1,7,12,14-15,18,20H,5-6,8-11H2,2-3H3,(H2,29,31,32)/t18-,20-/m0/s1. The molecule has 1 saturated heterocycles. The van der Waals surface area contributed by atoms with Crippen LogP contribution in [-0.2, 0) is 11.8 Å². The van der Waals surface area contributed by atoms with Crippen molar-refractivity contribution in [2.75, 3.05) is 12.3 Å². The average molecular weight is 466 g/mol. The molecule has 0 unspecified atom stereocenters. The maximum absolute atomic E-state index is 13.2. The monoisotopic (exact) mass is 465 g/mol. The van der Waals surface area contributed by atoms with Crippen molar-refractivity contribution in [2.45, 2.75) is 45.1 Å². The van der Waals surface area contributed by atoms with Gasteiger partial charge in [-0.2, -0.15) is 5.26 Å². The molecule has 3 aromatic heterocycles. The van der Waals surface area contributed by atoms with E-state index < -0.39 is 0 Å². The molecule has 176 valence electrons. The molecule has 2 N–H and O–H groups in total. The van der Waals surface area contributed by atoms with Gasteiger partial charge >= 0.3 is 0 Å². The van der Waals surface area contributed by atoms with Crippen LogP contribution in [0.15, 0.2) is 24.7 Å². The first-order chi connectivity index (χ1) is 16.9. The van der Waals surface area contributed by atoms with E-state index in [-0.39, 0.29) is 17.9 Å². The van der Waals surface area contributed by atoms with Crippen molar-refractivity contribution in [3.05, 3.63) is 41.5 Å². The number of nitrogen functional groups attached to an aromatic ring is 1. The van der Waals surface area contributed by atoms with Crippen molar-refractivity contribution in [3.8, 4) is 29.7 Å². The van der Waals surface area contributed by atoms with Gasteiger partial charge in [0.05, 0.1) is 17.1 Å². The Morgan fingerprint density at radius 1 is 1.29 bits per heavy atom. The molecule has 0 bridgehead atoms. The van der Waals surface area contributed by atoms with Gasteiger partial charge in [0.25, 0.3) is 0 Å². The molecule has 0 spiro atoms. The third-order valence-corrected chi connectivity index (χ3v) is 7.28. The summed E-state index contributed by atoms with van der Waals surface area (Å²) in [5, 5.41) is 10.2. The van der Waals surface area contributed by atoms with Crippen molar-refractivity contribution in [1.82, 2.24) is 24.4 Å². The summed E-state index contributed by atoms with van der Waals surface area (Å²) in [5.41, 5.74) is 12.7. The number of aromatic nitrogens is 4. The SMILES string of the molecule is C#Cc1cc(C)c(-c2c(C3=CC[C@H](C(=O)N4CCC[C@H]4C#N)CC3)c3c(N)ncnc3n2C)cn1. The van der Waals surface area contributed by atoms with Crippen molar-refractivity contribution in [3.63, 3.8) is 0 Å². The second kappa shape index (κ2) is 8.88. The highest BCUT2D eigenvalue weighted by Crippen LogP contribution is 2.43. The number of nitriles is 1. The Morgan fingerprint density at radius 2 is 2.11 bits per heavy atom. The van der Waals surface area contributed by atoms with E-state index in [1.54, 1.807) is 11.1 Å². The Balaban J connectivity index is 1.58. The first-order valence-electron chi connectivity index (χ1n) is 11.9. The van der Waals surface area contributed by atoms with E-state index in [1.807, 2.05) is 24.6 Å². The van der Waals surface area contributed by atoms with Crippen LogP contribution >= 0.6 is 0 Å². The fourth-order valence-corrected chi connectivity index (χ4v) is 5.47. The third-order valence-electron chi connectivity index (χ3n) is 7.28. The number of aryl methyl sites for hydroxylation is 2. The van der Waals surface area contributed by atoms with Crippen LogP contribution in [0.25, 0.3) is 27.9 Å². The highest BCUT2D eigenvalue weighted by molar-refractivity contribution is 6.04. The number of terminal acetylenes is 1. The maximum Gasteiger partial charge on any atom is 0.227 e. The molecule has 0 saturated carbocycles. The molecule has 8 heteroatoms. The van der Waals surface area contributed by atoms with E-state index in [9.17, 15) is 10.1 Å². The lowest BCUT2D eigenvalue weighted by molar-refractivity contribution is -0.135. The zero-order chi connectivity index (χ0) is 24.7. The van der Waals surface area contributed by atoms with Crippen molar-refractivity contribution in [1.29, 1.82) is 5.26 Å². The van der Waals surface area contributed by atoms with Gasteiger partial charge in [0.2, 0.25) is 5.91 Å². The Labute approximate surface area is 204 Å². The molecule has 35 heavy (non-hydrogen) atoms. The van der Waals surface area contributed by atoms with Crippen LogP contribution in [0.3, 0.4) is 0 Å². The van der Waals surface area contributed by atoms with Crippen LogP contribution in [0.5, 0.6) is 0 Å². The normalized spacial score (nSPS) is 19.9. The molecular weight excluding hydrogens is 438 g/mol. The van der Waals surface area contributed by atoms with Crippen LogP contribution < -0.4 is 5.73 Å². The number of pyridine rings is 1. The summed E-state index contributed by atoms with van der Waals surface area (Å²) in [6, 6.07) is 3.88. The summed E-state index contributed by atoms with van der Waals surface area (Å²) in [4.78, 5) is 28.1. The number of nitrogens with zero attached hydrogens (tertiary/aromatic N) is 6. The second-order valence-corrected chi connectivity index (χ2v) is 9.29. The van der Waals surface area contributed by atoms with E-state index in [2.05, 4.69) is 33.0 Å². The van der Waals surface area contributed by atoms with Crippen LogP contribution in [0.1, 0.15) is 48.9 Å². The molecule has 0 aromatic carbocycles. The number of anilines is 1. The van der Waals surface area contributed by atoms with E-state index in [0.29, 0.717) is 24.5 Å². The topological polar surface area (TPSA) is 114 Å². The Morgan fingerprint density at radius 3 is 2.80 bits per heavy atom. The molecular formula is C27H27N7O. The van der Waals surface area contributed by atoms with Gasteiger partial charge in [-0.3, -0.25) is 4.79 Å². The molecule has 5 rings (SSSR count). The van der Waals surface area contributed by atoms with Crippen LogP contribution in [0, 0.1) is 36.5 Å². The lowest BCUT2D eigenvalue weighted by atomic mass is 9.84. The number of allylic oxidation sites excluding steroid dienone is 2. The van der Waals surface area contributed by atoms with Gasteiger partial charge in [-0.15, -0.1) is 6.42 Å². The van der Waals surface area contributed by atoms with Gasteiger partial charge < -0.3 is 15.2 Å². The first-order valence-corrected chi connectivity index (χ1v) is 11.9. The molecule has 8 nitrogen and oxygen atoms in total. The van der Waals surface area contributed by atoms with Crippen LogP contribution in [0.4, 0.5) is 5.82 Å². The predicted octanol–water partition coefficient (Wildman–Crippen LogP) is 3.60. The highest BCUT2D eigenvalue weighted by atomic mass is 16.2. The maximum atomic E-state index is 13.2. The summed E-state index contributed by atoms with van der Waals surface area (Å²) in [5.74, 6) is 2.99. The van der Waals surface area contributed by atoms with Crippen LogP contribution in [-0.4, -0.2) is 42.9 Å². The average Bonchev–Trinajstić information content (AvgIpc) is 3.47. The quantitative estimate of drug-likeness (QED) is 0.591. The Hall–Kier alpha value is -4.17. The molecule has 1 fully saturated rings. The summed E-state index contributed by atoms with van der Waals surface area (Å²) in [6.45, 7) is 2.69. The molecule has 2 atom stereocenters. The van der Waals surface area contributed by atoms with E-state index >= 15 is 0 Å². The fraction of sp³-hybridized carbons (Fsp3) is 0.370. The Kier molecular flexibility index (Phi) is 5.74. The van der Waals surface area contributed by atoms with Crippen molar-refractivity contribution >= 4 is 28.3 Å². The summed E-state index contributed by atoms with van der Waals surface area (Å²) < 4.78 is 2.03. The van der Waals surface area contributed by atoms with Gasteiger partial charge in [0, 0.05) is 36.8 Å². The number of fused-ring (bicyclic) bond motifs is 1. The number of carbonyl (C=O) groups is 1. The molecule has 3 aromatic rings. The molecule has 1 aliphatic heterocycles. The number of hydrogen-bond acceptors (Lipinski definition) is 6. The fourth-order valence-electron chi connectivity index (χ4n) is 5.47. The van der Waals surface area contributed by atoms with Gasteiger partial charge in [0.15, 0.2) is 0 Å². The highest BCUT2D eigenvalue weighted by Gasteiger charge is 2.34. The second-order valence-electron chi connectivity index (χ2n) is 9.29. The van der Waals surface area contributed by atoms with E-state index in [1.165, 1.54) is 6.33 Å². The minimum Gasteiger partial charge on any atom is -0.383 e. The van der Waals surface area contributed by atoms with Gasteiger partial charge in [-0.05, 0) is 56.2 Å². The van der Waals surface area contributed by atoms with Gasteiger partial charge in [0.1, 0.15) is 29.5 Å². The van der Waals surface area contributed by atoms with E-state index in [4.69, 9.17) is 12.2 Å². The smallest absolute Gasteiger partial charge is 0.227 e. The number of rotatable bonds is 3. The van der Waals surface area contributed by atoms with Crippen molar-refractivity contribution < 1.29 is 4.79 Å². The minimum absolute atomic E-state index is 0.0928. The summed E-state index contributed by atoms with van der Waals surface area (Å²) in [6.07, 6.45) is 14.7. The summed E-state index contributed by atoms with van der Waals surface area (Å²) >= 11 is 0. The van der Waals surface area contributed by atoms with Gasteiger partial charge in [-0.1, -0.05) is 12.0 Å². The van der Waals surface area contributed by atoms with E-state index in [0.717, 1.165) is 64.7 Å². The predicted molar refractivity (Wildman–Crippen MR) is 134 cm³/mol. The zero-order valence-electron chi connectivity index (χ0n) is 20.0.